The van der Waals surface area contributed by atoms with Crippen molar-refractivity contribution in [3.8, 4) is 11.6 Å². The van der Waals surface area contributed by atoms with Crippen LogP contribution in [0.1, 0.15) is 5.56 Å². The number of nitrogens with zero attached hydrogens (tertiary/aromatic N) is 3. The highest BCUT2D eigenvalue weighted by Crippen LogP contribution is 2.35. The van der Waals surface area contributed by atoms with Crippen molar-refractivity contribution in [1.82, 2.24) is 9.97 Å². The molecule has 0 aliphatic heterocycles. The zero-order chi connectivity index (χ0) is 14.1. The average molecular weight is 287 g/mol. The Labute approximate surface area is 117 Å². The summed E-state index contributed by atoms with van der Waals surface area (Å²) in [6.45, 7) is 1.84. The van der Waals surface area contributed by atoms with Gasteiger partial charge in [-0.05, 0) is 30.0 Å². The van der Waals surface area contributed by atoms with Gasteiger partial charge in [-0.1, -0.05) is 6.07 Å². The molecule has 3 aromatic rings. The molecule has 1 aromatic carbocycles. The van der Waals surface area contributed by atoms with Crippen molar-refractivity contribution in [2.24, 2.45) is 0 Å². The lowest BCUT2D eigenvalue weighted by Gasteiger charge is -2.06. The van der Waals surface area contributed by atoms with Crippen LogP contribution in [0, 0.1) is 17.0 Å². The standard InChI is InChI=1S/C13H9N3O3S/c1-8-2-3-10(16(17)18)11(6-8)19-13-12-9(4-5-20-12)14-7-15-13/h2-7H,1H3. The third kappa shape index (κ3) is 2.19. The lowest BCUT2D eigenvalue weighted by atomic mass is 10.2. The van der Waals surface area contributed by atoms with Crippen molar-refractivity contribution in [3.63, 3.8) is 0 Å². The predicted molar refractivity (Wildman–Crippen MR) is 75.3 cm³/mol. The first kappa shape index (κ1) is 12.5. The highest BCUT2D eigenvalue weighted by molar-refractivity contribution is 7.17. The second-order valence-corrected chi connectivity index (χ2v) is 5.06. The molecule has 0 atom stereocenters. The number of nitro groups is 1. The molecule has 6 nitrogen and oxygen atoms in total. The van der Waals surface area contributed by atoms with Gasteiger partial charge in [-0.3, -0.25) is 10.1 Å². The van der Waals surface area contributed by atoms with Crippen LogP contribution in [-0.2, 0) is 0 Å². The fourth-order valence-corrected chi connectivity index (χ4v) is 2.57. The van der Waals surface area contributed by atoms with E-state index in [2.05, 4.69) is 9.97 Å². The largest absolute Gasteiger partial charge is 0.430 e. The summed E-state index contributed by atoms with van der Waals surface area (Å²) in [7, 11) is 0. The smallest absolute Gasteiger partial charge is 0.311 e. The Hall–Kier alpha value is -2.54. The maximum Gasteiger partial charge on any atom is 0.311 e. The van der Waals surface area contributed by atoms with E-state index in [9.17, 15) is 10.1 Å². The van der Waals surface area contributed by atoms with Crippen molar-refractivity contribution in [2.75, 3.05) is 0 Å². The molecule has 7 heteroatoms. The van der Waals surface area contributed by atoms with Crippen molar-refractivity contribution in [2.45, 2.75) is 6.92 Å². The summed E-state index contributed by atoms with van der Waals surface area (Å²) in [4.78, 5) is 18.7. The molecule has 0 saturated carbocycles. The number of hydrogen-bond donors (Lipinski definition) is 0. The van der Waals surface area contributed by atoms with Crippen LogP contribution in [0.15, 0.2) is 36.0 Å². The van der Waals surface area contributed by atoms with Crippen LogP contribution in [0.25, 0.3) is 10.2 Å². The van der Waals surface area contributed by atoms with Gasteiger partial charge in [0.25, 0.3) is 0 Å². The first-order valence-electron chi connectivity index (χ1n) is 5.76. The third-order valence-corrected chi connectivity index (χ3v) is 3.62. The van der Waals surface area contributed by atoms with E-state index >= 15 is 0 Å². The molecule has 0 saturated heterocycles. The molecule has 0 amide bonds. The number of rotatable bonds is 3. The summed E-state index contributed by atoms with van der Waals surface area (Å²) in [5, 5.41) is 12.9. The van der Waals surface area contributed by atoms with Gasteiger partial charge >= 0.3 is 5.69 Å². The molecule has 100 valence electrons. The van der Waals surface area contributed by atoms with Gasteiger partial charge in [-0.15, -0.1) is 11.3 Å². The number of nitro benzene ring substituents is 1. The molecule has 0 radical (unpaired) electrons. The van der Waals surface area contributed by atoms with Crippen molar-refractivity contribution >= 4 is 27.2 Å². The van der Waals surface area contributed by atoms with Crippen LogP contribution < -0.4 is 4.74 Å². The maximum atomic E-state index is 11.0. The van der Waals surface area contributed by atoms with E-state index in [0.717, 1.165) is 15.8 Å². The topological polar surface area (TPSA) is 78.2 Å². The SMILES string of the molecule is Cc1ccc([N+](=O)[O-])c(Oc2ncnc3ccsc23)c1. The van der Waals surface area contributed by atoms with Gasteiger partial charge in [-0.25, -0.2) is 9.97 Å². The molecule has 0 aliphatic rings. The van der Waals surface area contributed by atoms with E-state index in [4.69, 9.17) is 4.74 Å². The number of benzene rings is 1. The van der Waals surface area contributed by atoms with Crippen molar-refractivity contribution in [1.29, 1.82) is 0 Å². The molecule has 0 N–H and O–H groups in total. The lowest BCUT2D eigenvalue weighted by Crippen LogP contribution is -1.95. The van der Waals surface area contributed by atoms with Gasteiger partial charge < -0.3 is 4.74 Å². The summed E-state index contributed by atoms with van der Waals surface area (Å²) in [5.74, 6) is 0.516. The Morgan fingerprint density at radius 2 is 2.15 bits per heavy atom. The monoisotopic (exact) mass is 287 g/mol. The van der Waals surface area contributed by atoms with Gasteiger partial charge in [0, 0.05) is 6.07 Å². The summed E-state index contributed by atoms with van der Waals surface area (Å²) < 4.78 is 6.41. The zero-order valence-electron chi connectivity index (χ0n) is 10.4. The van der Waals surface area contributed by atoms with Crippen LogP contribution >= 0.6 is 11.3 Å². The van der Waals surface area contributed by atoms with E-state index in [1.165, 1.54) is 23.7 Å². The number of thiophene rings is 1. The van der Waals surface area contributed by atoms with Crippen molar-refractivity contribution in [3.05, 3.63) is 51.7 Å². The number of ether oxygens (including phenoxy) is 1. The Morgan fingerprint density at radius 3 is 2.95 bits per heavy atom. The Bertz CT molecular complexity index is 800. The number of fused-ring (bicyclic) bond motifs is 1. The second-order valence-electron chi connectivity index (χ2n) is 4.14. The molecule has 0 bridgehead atoms. The van der Waals surface area contributed by atoms with E-state index in [1.807, 2.05) is 18.4 Å². The maximum absolute atomic E-state index is 11.0. The van der Waals surface area contributed by atoms with Crippen LogP contribution in [-0.4, -0.2) is 14.9 Å². The minimum Gasteiger partial charge on any atom is -0.430 e. The molecule has 2 heterocycles. The second kappa shape index (κ2) is 4.86. The van der Waals surface area contributed by atoms with E-state index in [0.29, 0.717) is 5.88 Å². The summed E-state index contributed by atoms with van der Waals surface area (Å²) in [6.07, 6.45) is 1.38. The molecular formula is C13H9N3O3S. The van der Waals surface area contributed by atoms with Gasteiger partial charge in [0.15, 0.2) is 0 Å². The third-order valence-electron chi connectivity index (χ3n) is 2.73. The number of hydrogen-bond acceptors (Lipinski definition) is 6. The van der Waals surface area contributed by atoms with Gasteiger partial charge in [-0.2, -0.15) is 0 Å². The Kier molecular flexibility index (Phi) is 3.03. The molecule has 0 aliphatic carbocycles. The fourth-order valence-electron chi connectivity index (χ4n) is 1.80. The molecule has 2 aromatic heterocycles. The number of aryl methyl sites for hydroxylation is 1. The summed E-state index contributed by atoms with van der Waals surface area (Å²) >= 11 is 1.43. The van der Waals surface area contributed by atoms with Crippen molar-refractivity contribution < 1.29 is 9.66 Å². The van der Waals surface area contributed by atoms with Crippen LogP contribution in [0.5, 0.6) is 11.6 Å². The molecule has 20 heavy (non-hydrogen) atoms. The minimum absolute atomic E-state index is 0.0843. The van der Waals surface area contributed by atoms with E-state index < -0.39 is 4.92 Å². The molecular weight excluding hydrogens is 278 g/mol. The van der Waals surface area contributed by atoms with Crippen LogP contribution in [0.3, 0.4) is 0 Å². The first-order valence-corrected chi connectivity index (χ1v) is 6.64. The summed E-state index contributed by atoms with van der Waals surface area (Å²) in [6, 6.07) is 6.57. The van der Waals surface area contributed by atoms with E-state index in [-0.39, 0.29) is 11.4 Å². The summed E-state index contributed by atoms with van der Waals surface area (Å²) in [5.41, 5.74) is 1.55. The molecule has 0 spiro atoms. The Morgan fingerprint density at radius 1 is 1.30 bits per heavy atom. The van der Waals surface area contributed by atoms with Gasteiger partial charge in [0.1, 0.15) is 11.0 Å². The fraction of sp³-hybridized carbons (Fsp3) is 0.0769. The van der Waals surface area contributed by atoms with E-state index in [1.54, 1.807) is 12.1 Å². The van der Waals surface area contributed by atoms with Gasteiger partial charge in [0.05, 0.1) is 10.4 Å². The Balaban J connectivity index is 2.09. The normalized spacial score (nSPS) is 10.7. The molecule has 0 fully saturated rings. The first-order chi connectivity index (χ1) is 9.65. The number of aromatic nitrogens is 2. The highest BCUT2D eigenvalue weighted by atomic mass is 32.1. The molecule has 0 unspecified atom stereocenters. The average Bonchev–Trinajstić information content (AvgIpc) is 2.88. The van der Waals surface area contributed by atoms with Crippen LogP contribution in [0.4, 0.5) is 5.69 Å². The lowest BCUT2D eigenvalue weighted by molar-refractivity contribution is -0.385. The highest BCUT2D eigenvalue weighted by Gasteiger charge is 2.17. The zero-order valence-corrected chi connectivity index (χ0v) is 11.3. The van der Waals surface area contributed by atoms with Gasteiger partial charge in [0.2, 0.25) is 11.6 Å². The minimum atomic E-state index is -0.471. The van der Waals surface area contributed by atoms with Crippen LogP contribution in [0.2, 0.25) is 0 Å². The quantitative estimate of drug-likeness (QED) is 0.542. The molecule has 3 rings (SSSR count). The predicted octanol–water partition coefficient (Wildman–Crippen LogP) is 3.70.